The van der Waals surface area contributed by atoms with E-state index >= 15 is 0 Å². The second-order valence-electron chi connectivity index (χ2n) is 7.02. The summed E-state index contributed by atoms with van der Waals surface area (Å²) in [7, 11) is 1.10. The summed E-state index contributed by atoms with van der Waals surface area (Å²) in [5, 5.41) is -0.0785. The monoisotopic (exact) mass is 523 g/mol. The van der Waals surface area contributed by atoms with E-state index in [4.69, 9.17) is 22.1 Å². The molecule has 0 spiro atoms. The molecule has 3 rings (SSSR count). The molecule has 186 valence electrons. The molecule has 14 heteroatoms. The van der Waals surface area contributed by atoms with Gasteiger partial charge >= 0.3 is 30.3 Å². The number of benzene rings is 2. The summed E-state index contributed by atoms with van der Waals surface area (Å²) in [4.78, 5) is 34.9. The van der Waals surface area contributed by atoms with Gasteiger partial charge < -0.3 is 19.9 Å². The van der Waals surface area contributed by atoms with Crippen molar-refractivity contribution in [3.8, 4) is 16.9 Å². The van der Waals surface area contributed by atoms with Gasteiger partial charge in [0.05, 0.1) is 18.2 Å². The van der Waals surface area contributed by atoms with Crippen molar-refractivity contribution in [1.82, 2.24) is 0 Å². The van der Waals surface area contributed by atoms with E-state index in [0.29, 0.717) is 6.08 Å². The topological polar surface area (TPSA) is 105 Å². The lowest BCUT2D eigenvalue weighted by Crippen LogP contribution is -2.42. The van der Waals surface area contributed by atoms with Crippen molar-refractivity contribution >= 4 is 41.3 Å². The van der Waals surface area contributed by atoms with E-state index in [0.717, 1.165) is 13.2 Å². The molecule has 7 nitrogen and oxygen atoms in total. The molecule has 0 fully saturated rings. The molecule has 2 aromatic carbocycles. The predicted octanol–water partition coefficient (Wildman–Crippen LogP) is 4.71. The van der Waals surface area contributed by atoms with Crippen LogP contribution in [0.1, 0.15) is 15.9 Å². The number of fused-ring (bicyclic) bond motifs is 1. The minimum absolute atomic E-state index is 0.0327. The molecule has 0 saturated heterocycles. The van der Waals surface area contributed by atoms with Crippen LogP contribution in [0.4, 0.5) is 32.0 Å². The second-order valence-corrected chi connectivity index (χ2v) is 7.46. The highest BCUT2D eigenvalue weighted by atomic mass is 35.5. The van der Waals surface area contributed by atoms with Crippen molar-refractivity contribution in [2.75, 3.05) is 12.8 Å². The normalized spacial score (nSPS) is 15.4. The van der Waals surface area contributed by atoms with Crippen LogP contribution in [0, 0.1) is 0 Å². The molecule has 2 aromatic rings. The van der Waals surface area contributed by atoms with Crippen molar-refractivity contribution in [2.45, 2.75) is 18.5 Å². The van der Waals surface area contributed by atoms with Crippen molar-refractivity contribution in [3.63, 3.8) is 0 Å². The molecule has 0 bridgehead atoms. The summed E-state index contributed by atoms with van der Waals surface area (Å²) in [5.41, 5.74) is 4.09. The third-order valence-electron chi connectivity index (χ3n) is 4.55. The van der Waals surface area contributed by atoms with Gasteiger partial charge in [0.25, 0.3) is 0 Å². The zero-order valence-electron chi connectivity index (χ0n) is 17.2. The molecule has 0 aliphatic carbocycles. The van der Waals surface area contributed by atoms with Gasteiger partial charge in [-0.15, -0.1) is 0 Å². The standard InChI is InChI=1S/C21H12ClF6NO6/c1-33-17(30)10-2-8(4-12(29)5-10)13-7-11(22)3-9-6-14(16(20(23,24)25)34-15(9)13)18(31)35-19(32)21(26,27)28/h2-7,16H,29H2,1H3. The van der Waals surface area contributed by atoms with E-state index in [1.807, 2.05) is 0 Å². The van der Waals surface area contributed by atoms with E-state index < -0.39 is 47.7 Å². The number of ether oxygens (including phenoxy) is 3. The lowest BCUT2D eigenvalue weighted by atomic mass is 9.94. The number of hydrogen-bond acceptors (Lipinski definition) is 7. The number of carbonyl (C=O) groups is 3. The van der Waals surface area contributed by atoms with Gasteiger partial charge in [-0.05, 0) is 42.0 Å². The van der Waals surface area contributed by atoms with E-state index in [1.165, 1.54) is 24.3 Å². The fourth-order valence-electron chi connectivity index (χ4n) is 3.15. The van der Waals surface area contributed by atoms with E-state index in [2.05, 4.69) is 9.47 Å². The number of nitrogens with two attached hydrogens (primary N) is 1. The van der Waals surface area contributed by atoms with Crippen molar-refractivity contribution < 1.29 is 54.9 Å². The molecule has 0 amide bonds. The Morgan fingerprint density at radius 3 is 2.23 bits per heavy atom. The van der Waals surface area contributed by atoms with Crippen LogP contribution >= 0.6 is 11.6 Å². The Kier molecular flexibility index (Phi) is 6.75. The first-order chi connectivity index (χ1) is 16.1. The van der Waals surface area contributed by atoms with Gasteiger partial charge in [-0.1, -0.05) is 11.6 Å². The van der Waals surface area contributed by atoms with Crippen LogP contribution < -0.4 is 10.5 Å². The Hall–Kier alpha value is -3.74. The lowest BCUT2D eigenvalue weighted by Gasteiger charge is -2.29. The number of hydrogen-bond donors (Lipinski definition) is 1. The van der Waals surface area contributed by atoms with Crippen molar-refractivity contribution in [1.29, 1.82) is 0 Å². The van der Waals surface area contributed by atoms with Gasteiger partial charge in [0.15, 0.2) is 0 Å². The fourth-order valence-corrected chi connectivity index (χ4v) is 3.37. The molecule has 0 aromatic heterocycles. The van der Waals surface area contributed by atoms with Gasteiger partial charge in [0.1, 0.15) is 5.75 Å². The molecule has 2 N–H and O–H groups in total. The molecular formula is C21H12ClF6NO6. The van der Waals surface area contributed by atoms with Gasteiger partial charge in [-0.25, -0.2) is 14.4 Å². The number of alkyl halides is 6. The molecule has 1 unspecified atom stereocenters. The van der Waals surface area contributed by atoms with E-state index in [9.17, 15) is 40.7 Å². The van der Waals surface area contributed by atoms with Crippen LogP contribution in [-0.4, -0.2) is 43.5 Å². The molecule has 1 aliphatic heterocycles. The van der Waals surface area contributed by atoms with Crippen LogP contribution in [0.15, 0.2) is 35.9 Å². The number of nitrogen functional groups attached to an aromatic ring is 1. The highest BCUT2D eigenvalue weighted by Crippen LogP contribution is 2.45. The number of carbonyl (C=O) groups excluding carboxylic acids is 3. The smallest absolute Gasteiger partial charge is 0.475 e. The van der Waals surface area contributed by atoms with E-state index in [1.54, 1.807) is 0 Å². The minimum Gasteiger partial charge on any atom is -0.475 e. The maximum atomic E-state index is 13.7. The molecule has 0 radical (unpaired) electrons. The quantitative estimate of drug-likeness (QED) is 0.269. The first-order valence-electron chi connectivity index (χ1n) is 9.23. The maximum Gasteiger partial charge on any atom is 0.491 e. The van der Waals surface area contributed by atoms with E-state index in [-0.39, 0.29) is 33.0 Å². The molecule has 1 atom stereocenters. The zero-order chi connectivity index (χ0) is 26.3. The highest BCUT2D eigenvalue weighted by molar-refractivity contribution is 6.31. The lowest BCUT2D eigenvalue weighted by molar-refractivity contribution is -0.204. The fraction of sp³-hybridized carbons (Fsp3) is 0.190. The number of anilines is 1. The Bertz CT molecular complexity index is 1250. The average molecular weight is 524 g/mol. The zero-order valence-corrected chi connectivity index (χ0v) is 18.0. The van der Waals surface area contributed by atoms with Crippen LogP contribution in [-0.2, 0) is 19.1 Å². The van der Waals surface area contributed by atoms with Crippen LogP contribution in [0.3, 0.4) is 0 Å². The molecule has 1 heterocycles. The third kappa shape index (κ3) is 5.50. The second kappa shape index (κ2) is 9.13. The Morgan fingerprint density at radius 1 is 1.00 bits per heavy atom. The number of rotatable bonds is 3. The number of halogens is 7. The summed E-state index contributed by atoms with van der Waals surface area (Å²) in [6.07, 6.45) is -13.5. The first kappa shape index (κ1) is 25.9. The minimum atomic E-state index is -5.63. The highest BCUT2D eigenvalue weighted by Gasteiger charge is 2.51. The first-order valence-corrected chi connectivity index (χ1v) is 9.60. The van der Waals surface area contributed by atoms with Gasteiger partial charge in [0, 0.05) is 21.8 Å². The SMILES string of the molecule is COC(=O)c1cc(N)cc(-c2cc(Cl)cc3c2OC(C(F)(F)F)C(C(=O)OC(=O)C(F)(F)F)=C3)c1. The summed E-state index contributed by atoms with van der Waals surface area (Å²) in [6, 6.07) is 6.03. The summed E-state index contributed by atoms with van der Waals surface area (Å²) in [5.74, 6) is -6.49. The van der Waals surface area contributed by atoms with Crippen LogP contribution in [0.25, 0.3) is 17.2 Å². The van der Waals surface area contributed by atoms with Gasteiger partial charge in [0.2, 0.25) is 6.10 Å². The largest absolute Gasteiger partial charge is 0.491 e. The molecule has 0 saturated carbocycles. The summed E-state index contributed by atoms with van der Waals surface area (Å²) >= 11 is 6.05. The number of methoxy groups -OCH3 is 1. The van der Waals surface area contributed by atoms with Crippen LogP contribution in [0.5, 0.6) is 5.75 Å². The molecule has 1 aliphatic rings. The Balaban J connectivity index is 2.18. The van der Waals surface area contributed by atoms with Crippen molar-refractivity contribution in [3.05, 3.63) is 52.1 Å². The molecular weight excluding hydrogens is 512 g/mol. The van der Waals surface area contributed by atoms with Gasteiger partial charge in [-0.3, -0.25) is 0 Å². The van der Waals surface area contributed by atoms with Gasteiger partial charge in [-0.2, -0.15) is 26.3 Å². The number of esters is 3. The maximum absolute atomic E-state index is 13.7. The Labute approximate surface area is 197 Å². The summed E-state index contributed by atoms with van der Waals surface area (Å²) < 4.78 is 91.6. The predicted molar refractivity (Wildman–Crippen MR) is 108 cm³/mol. The average Bonchev–Trinajstić information content (AvgIpc) is 2.75. The third-order valence-corrected chi connectivity index (χ3v) is 4.77. The van der Waals surface area contributed by atoms with Crippen molar-refractivity contribution in [2.24, 2.45) is 0 Å². The molecule has 35 heavy (non-hydrogen) atoms. The Morgan fingerprint density at radius 2 is 1.66 bits per heavy atom. The summed E-state index contributed by atoms with van der Waals surface area (Å²) in [6.45, 7) is 0. The van der Waals surface area contributed by atoms with Crippen LogP contribution in [0.2, 0.25) is 5.02 Å².